The van der Waals surface area contributed by atoms with Crippen LogP contribution in [-0.4, -0.2) is 59.9 Å². The highest BCUT2D eigenvalue weighted by molar-refractivity contribution is 5.93. The summed E-state index contributed by atoms with van der Waals surface area (Å²) in [6.45, 7) is 7.06. The molecule has 1 aliphatic heterocycles. The minimum atomic E-state index is -0.651. The number of amides is 2. The molecule has 1 saturated carbocycles. The molecule has 1 aliphatic carbocycles. The van der Waals surface area contributed by atoms with Gasteiger partial charge in [0, 0.05) is 31.9 Å². The second kappa shape index (κ2) is 10.4. The Morgan fingerprint density at radius 2 is 1.57 bits per heavy atom. The van der Waals surface area contributed by atoms with Gasteiger partial charge in [0.1, 0.15) is 0 Å². The van der Waals surface area contributed by atoms with Gasteiger partial charge in [-0.1, -0.05) is 31.0 Å². The van der Waals surface area contributed by atoms with Crippen molar-refractivity contribution >= 4 is 42.3 Å². The summed E-state index contributed by atoms with van der Waals surface area (Å²) in [7, 11) is 0. The summed E-state index contributed by atoms with van der Waals surface area (Å²) in [5.74, 6) is 0.0860. The molecule has 0 radical (unpaired) electrons. The van der Waals surface area contributed by atoms with Crippen molar-refractivity contribution in [2.24, 2.45) is 5.73 Å². The highest BCUT2D eigenvalue weighted by atomic mass is 35.5. The molecule has 3 rings (SSSR count). The van der Waals surface area contributed by atoms with Crippen molar-refractivity contribution in [3.05, 3.63) is 29.3 Å². The van der Waals surface area contributed by atoms with E-state index in [9.17, 15) is 9.59 Å². The SMILES string of the molecule is Cc1cccc(C)c1NC(=O)CN1CCN(C(=O)C2(N)CCCC2)CC1.Cl.Cl. The van der Waals surface area contributed by atoms with E-state index in [-0.39, 0.29) is 36.6 Å². The van der Waals surface area contributed by atoms with Crippen molar-refractivity contribution in [1.82, 2.24) is 9.80 Å². The van der Waals surface area contributed by atoms with Crippen LogP contribution >= 0.6 is 24.8 Å². The number of nitrogens with two attached hydrogens (primary N) is 1. The van der Waals surface area contributed by atoms with Crippen molar-refractivity contribution in [3.8, 4) is 0 Å². The van der Waals surface area contributed by atoms with Gasteiger partial charge in [0.2, 0.25) is 11.8 Å². The molecule has 1 heterocycles. The van der Waals surface area contributed by atoms with E-state index in [0.29, 0.717) is 32.7 Å². The zero-order valence-electron chi connectivity index (χ0n) is 16.7. The molecule has 1 aromatic carbocycles. The monoisotopic (exact) mass is 430 g/mol. The summed E-state index contributed by atoms with van der Waals surface area (Å²) in [5, 5.41) is 3.03. The third-order valence-corrected chi connectivity index (χ3v) is 5.69. The van der Waals surface area contributed by atoms with E-state index in [1.165, 1.54) is 0 Å². The van der Waals surface area contributed by atoms with Crippen LogP contribution < -0.4 is 11.1 Å². The Morgan fingerprint density at radius 1 is 1.04 bits per heavy atom. The molecule has 0 spiro atoms. The average Bonchev–Trinajstić information content (AvgIpc) is 3.06. The molecule has 8 heteroatoms. The maximum atomic E-state index is 12.7. The fraction of sp³-hybridized carbons (Fsp3) is 0.600. The van der Waals surface area contributed by atoms with Crippen molar-refractivity contribution in [2.75, 3.05) is 38.0 Å². The van der Waals surface area contributed by atoms with Crippen LogP contribution in [0.2, 0.25) is 0 Å². The van der Waals surface area contributed by atoms with Gasteiger partial charge < -0.3 is 16.0 Å². The van der Waals surface area contributed by atoms with E-state index in [1.807, 2.05) is 36.9 Å². The standard InChI is InChI=1S/C20H30N4O2.2ClH/c1-15-6-5-7-16(2)18(15)22-17(25)14-23-10-12-24(13-11-23)19(26)20(21)8-3-4-9-20;;/h5-7H,3-4,8-14,21H2,1-2H3,(H,22,25);2*1H. The molecule has 1 saturated heterocycles. The molecule has 0 bridgehead atoms. The molecule has 158 valence electrons. The second-order valence-electron chi connectivity index (χ2n) is 7.75. The van der Waals surface area contributed by atoms with Crippen molar-refractivity contribution in [2.45, 2.75) is 45.1 Å². The second-order valence-corrected chi connectivity index (χ2v) is 7.75. The number of para-hydroxylation sites is 1. The minimum absolute atomic E-state index is 0. The topological polar surface area (TPSA) is 78.7 Å². The summed E-state index contributed by atoms with van der Waals surface area (Å²) in [6, 6.07) is 5.99. The van der Waals surface area contributed by atoms with Gasteiger partial charge in [-0.25, -0.2) is 0 Å². The Balaban J connectivity index is 0.00000196. The molecule has 28 heavy (non-hydrogen) atoms. The van der Waals surface area contributed by atoms with E-state index in [0.717, 1.165) is 42.5 Å². The van der Waals surface area contributed by atoms with Gasteiger partial charge in [-0.05, 0) is 37.8 Å². The number of halogens is 2. The van der Waals surface area contributed by atoms with Crippen molar-refractivity contribution in [1.29, 1.82) is 0 Å². The number of piperazine rings is 1. The lowest BCUT2D eigenvalue weighted by molar-refractivity contribution is -0.138. The van der Waals surface area contributed by atoms with Crippen LogP contribution in [0.15, 0.2) is 18.2 Å². The lowest BCUT2D eigenvalue weighted by Crippen LogP contribution is -2.58. The van der Waals surface area contributed by atoms with Gasteiger partial charge in [0.05, 0.1) is 12.1 Å². The summed E-state index contributed by atoms with van der Waals surface area (Å²) in [6.07, 6.45) is 3.68. The fourth-order valence-corrected chi connectivity index (χ4v) is 4.04. The number of nitrogens with zero attached hydrogens (tertiary/aromatic N) is 2. The molecule has 0 atom stereocenters. The third kappa shape index (κ3) is 5.60. The Labute approximate surface area is 180 Å². The first-order chi connectivity index (χ1) is 12.4. The predicted octanol–water partition coefficient (Wildman–Crippen LogP) is 2.50. The molecule has 2 fully saturated rings. The quantitative estimate of drug-likeness (QED) is 0.768. The maximum Gasteiger partial charge on any atom is 0.242 e. The number of hydrogen-bond acceptors (Lipinski definition) is 4. The summed E-state index contributed by atoms with van der Waals surface area (Å²) < 4.78 is 0. The smallest absolute Gasteiger partial charge is 0.242 e. The fourth-order valence-electron chi connectivity index (χ4n) is 4.04. The number of nitrogens with one attached hydrogen (secondary N) is 1. The predicted molar refractivity (Wildman–Crippen MR) is 117 cm³/mol. The molecule has 2 aliphatic rings. The van der Waals surface area contributed by atoms with E-state index >= 15 is 0 Å². The molecule has 1 aromatic rings. The number of hydrogen-bond donors (Lipinski definition) is 2. The number of anilines is 1. The molecule has 0 aromatic heterocycles. The van der Waals surface area contributed by atoms with Crippen LogP contribution in [0.5, 0.6) is 0 Å². The first kappa shape index (κ1) is 24.7. The number of rotatable bonds is 4. The van der Waals surface area contributed by atoms with Crippen LogP contribution in [0.4, 0.5) is 5.69 Å². The lowest BCUT2D eigenvalue weighted by Gasteiger charge is -2.38. The average molecular weight is 431 g/mol. The van der Waals surface area contributed by atoms with Gasteiger partial charge in [-0.3, -0.25) is 14.5 Å². The van der Waals surface area contributed by atoms with E-state index in [1.54, 1.807) is 0 Å². The first-order valence-corrected chi connectivity index (χ1v) is 9.56. The Kier molecular flexibility index (Phi) is 9.21. The number of aryl methyl sites for hydroxylation is 2. The van der Waals surface area contributed by atoms with Gasteiger partial charge in [-0.15, -0.1) is 24.8 Å². The molecular weight excluding hydrogens is 399 g/mol. The van der Waals surface area contributed by atoms with Gasteiger partial charge in [0.25, 0.3) is 0 Å². The molecule has 6 nitrogen and oxygen atoms in total. The summed E-state index contributed by atoms with van der Waals surface area (Å²) in [4.78, 5) is 29.1. The Hall–Kier alpha value is -1.34. The zero-order valence-corrected chi connectivity index (χ0v) is 18.3. The van der Waals surface area contributed by atoms with Crippen LogP contribution in [0.1, 0.15) is 36.8 Å². The van der Waals surface area contributed by atoms with Gasteiger partial charge in [0.15, 0.2) is 0 Å². The maximum absolute atomic E-state index is 12.7. The van der Waals surface area contributed by atoms with Crippen LogP contribution in [0.25, 0.3) is 0 Å². The Bertz CT molecular complexity index is 665. The van der Waals surface area contributed by atoms with E-state index in [4.69, 9.17) is 5.73 Å². The minimum Gasteiger partial charge on any atom is -0.339 e. The van der Waals surface area contributed by atoms with E-state index in [2.05, 4.69) is 10.2 Å². The van der Waals surface area contributed by atoms with Gasteiger partial charge in [-0.2, -0.15) is 0 Å². The number of carbonyl (C=O) groups is 2. The Morgan fingerprint density at radius 3 is 2.11 bits per heavy atom. The highest BCUT2D eigenvalue weighted by Crippen LogP contribution is 2.29. The lowest BCUT2D eigenvalue weighted by atomic mass is 9.97. The number of carbonyl (C=O) groups excluding carboxylic acids is 2. The highest BCUT2D eigenvalue weighted by Gasteiger charge is 2.40. The summed E-state index contributed by atoms with van der Waals surface area (Å²) in [5.41, 5.74) is 8.68. The van der Waals surface area contributed by atoms with Crippen molar-refractivity contribution < 1.29 is 9.59 Å². The normalized spacial score (nSPS) is 18.8. The number of benzene rings is 1. The van der Waals surface area contributed by atoms with Crippen LogP contribution in [0, 0.1) is 13.8 Å². The van der Waals surface area contributed by atoms with Crippen LogP contribution in [0.3, 0.4) is 0 Å². The molecule has 3 N–H and O–H groups in total. The van der Waals surface area contributed by atoms with E-state index < -0.39 is 5.54 Å². The molecule has 2 amide bonds. The summed E-state index contributed by atoms with van der Waals surface area (Å²) >= 11 is 0. The first-order valence-electron chi connectivity index (χ1n) is 9.56. The van der Waals surface area contributed by atoms with Crippen LogP contribution in [-0.2, 0) is 9.59 Å². The molecular formula is C20H32Cl2N4O2. The van der Waals surface area contributed by atoms with Crippen molar-refractivity contribution in [3.63, 3.8) is 0 Å². The largest absolute Gasteiger partial charge is 0.339 e. The third-order valence-electron chi connectivity index (χ3n) is 5.69. The van der Waals surface area contributed by atoms with Gasteiger partial charge >= 0.3 is 0 Å². The zero-order chi connectivity index (χ0) is 18.7. The molecule has 0 unspecified atom stereocenters.